The van der Waals surface area contributed by atoms with E-state index in [4.69, 9.17) is 19.6 Å². The van der Waals surface area contributed by atoms with Crippen LogP contribution in [0.2, 0.25) is 0 Å². The average Bonchev–Trinajstić information content (AvgIpc) is 2.52. The lowest BCUT2D eigenvalue weighted by Gasteiger charge is -2.43. The van der Waals surface area contributed by atoms with Crippen molar-refractivity contribution < 1.29 is 14.2 Å². The molecule has 2 heterocycles. The van der Waals surface area contributed by atoms with Crippen LogP contribution in [0, 0.1) is 5.41 Å². The zero-order valence-electron chi connectivity index (χ0n) is 9.03. The second kappa shape index (κ2) is 2.96. The molecule has 2 aliphatic rings. The lowest BCUT2D eigenvalue weighted by molar-refractivity contribution is -0.461. The van der Waals surface area contributed by atoms with Crippen LogP contribution in [0.1, 0.15) is 18.1 Å². The van der Waals surface area contributed by atoms with Gasteiger partial charge in [0.2, 0.25) is 0 Å². The van der Waals surface area contributed by atoms with Gasteiger partial charge >= 0.3 is 0 Å². The van der Waals surface area contributed by atoms with E-state index in [-0.39, 0.29) is 6.29 Å². The summed E-state index contributed by atoms with van der Waals surface area (Å²) in [6.45, 7) is 1.82. The third-order valence-electron chi connectivity index (χ3n) is 2.80. The van der Waals surface area contributed by atoms with Crippen molar-refractivity contribution >= 4 is 5.84 Å². The highest BCUT2D eigenvalue weighted by Gasteiger charge is 2.53. The van der Waals surface area contributed by atoms with Crippen LogP contribution in [0.4, 0.5) is 0 Å². The Morgan fingerprint density at radius 3 is 2.81 bits per heavy atom. The average molecular weight is 220 g/mol. The number of hydrogen-bond acceptors (Lipinski definition) is 4. The molecule has 1 aromatic rings. The first kappa shape index (κ1) is 9.62. The highest BCUT2D eigenvalue weighted by atomic mass is 16.9. The molecule has 2 N–H and O–H groups in total. The first-order chi connectivity index (χ1) is 7.64. The van der Waals surface area contributed by atoms with Gasteiger partial charge in [0.1, 0.15) is 11.6 Å². The molecule has 1 fully saturated rings. The van der Waals surface area contributed by atoms with Crippen molar-refractivity contribution in [2.24, 2.45) is 0 Å². The van der Waals surface area contributed by atoms with Gasteiger partial charge in [-0.15, -0.1) is 0 Å². The van der Waals surface area contributed by atoms with Crippen molar-refractivity contribution in [3.05, 3.63) is 29.3 Å². The van der Waals surface area contributed by atoms with Gasteiger partial charge in [0, 0.05) is 11.1 Å². The molecule has 1 aromatic carbocycles. The largest absolute Gasteiger partial charge is 0.497 e. The molecule has 16 heavy (non-hydrogen) atoms. The molecule has 5 nitrogen and oxygen atoms in total. The molecule has 0 amide bonds. The van der Waals surface area contributed by atoms with E-state index in [9.17, 15) is 0 Å². The summed E-state index contributed by atoms with van der Waals surface area (Å²) in [4.78, 5) is 0. The smallest absolute Gasteiger partial charge is 0.284 e. The summed E-state index contributed by atoms with van der Waals surface area (Å²) in [5.41, 5.74) is 1.59. The molecule has 5 heteroatoms. The number of hydrogen-bond donors (Lipinski definition) is 2. The summed E-state index contributed by atoms with van der Waals surface area (Å²) in [6.07, 6.45) is -0.242. The molecule has 0 unspecified atom stereocenters. The van der Waals surface area contributed by atoms with Crippen molar-refractivity contribution in [3.63, 3.8) is 0 Å². The summed E-state index contributed by atoms with van der Waals surface area (Å²) < 4.78 is 16.2. The zero-order chi connectivity index (χ0) is 11.3. The lowest BCUT2D eigenvalue weighted by Crippen LogP contribution is -2.57. The van der Waals surface area contributed by atoms with Crippen LogP contribution in [-0.4, -0.2) is 19.2 Å². The lowest BCUT2D eigenvalue weighted by atomic mass is 10.1. The fraction of sp³-hybridized carbons (Fsp3) is 0.364. The normalized spacial score (nSPS) is 30.9. The predicted octanol–water partition coefficient (Wildman–Crippen LogP) is 1.13. The third kappa shape index (κ3) is 1.10. The van der Waals surface area contributed by atoms with Gasteiger partial charge in [-0.3, -0.25) is 14.9 Å². The summed E-state index contributed by atoms with van der Waals surface area (Å²) in [5.74, 6) is 0.0634. The van der Waals surface area contributed by atoms with Crippen LogP contribution in [0.5, 0.6) is 5.75 Å². The van der Waals surface area contributed by atoms with Gasteiger partial charge in [-0.25, -0.2) is 0 Å². The van der Waals surface area contributed by atoms with E-state index < -0.39 is 5.91 Å². The maximum absolute atomic E-state index is 7.83. The van der Waals surface area contributed by atoms with Crippen LogP contribution in [0.3, 0.4) is 0 Å². The highest BCUT2D eigenvalue weighted by Crippen LogP contribution is 2.42. The molecule has 0 bridgehead atoms. The van der Waals surface area contributed by atoms with E-state index in [1.807, 2.05) is 19.1 Å². The van der Waals surface area contributed by atoms with E-state index >= 15 is 0 Å². The minimum absolute atomic E-state index is 0.242. The quantitative estimate of drug-likeness (QED) is 0.744. The number of rotatable bonds is 1. The van der Waals surface area contributed by atoms with E-state index in [0.717, 1.165) is 16.9 Å². The standard InChI is InChI=1S/C11H12N2O3/c1-6-15-11(16-6)9-4-3-7(14-2)5-8(9)10(12)13-11/h3-6H,1-2H3,(H2,12,13). The van der Waals surface area contributed by atoms with Crippen LogP contribution in [0.25, 0.3) is 0 Å². The molecule has 0 saturated carbocycles. The van der Waals surface area contributed by atoms with E-state index in [1.165, 1.54) is 0 Å². The maximum Gasteiger partial charge on any atom is 0.284 e. The molecule has 3 rings (SSSR count). The number of methoxy groups -OCH3 is 1. The Hall–Kier alpha value is -1.59. The Balaban J connectivity index is 2.06. The van der Waals surface area contributed by atoms with Gasteiger partial charge < -0.3 is 10.1 Å². The molecule has 0 atom stereocenters. The third-order valence-corrected chi connectivity index (χ3v) is 2.80. The van der Waals surface area contributed by atoms with Crippen molar-refractivity contribution in [3.8, 4) is 5.75 Å². The van der Waals surface area contributed by atoms with E-state index in [1.54, 1.807) is 13.2 Å². The second-order valence-electron chi connectivity index (χ2n) is 3.83. The van der Waals surface area contributed by atoms with Gasteiger partial charge in [-0.1, -0.05) is 0 Å². The van der Waals surface area contributed by atoms with Gasteiger partial charge in [0.05, 0.1) is 7.11 Å². The Labute approximate surface area is 92.8 Å². The first-order valence-electron chi connectivity index (χ1n) is 5.06. The summed E-state index contributed by atoms with van der Waals surface area (Å²) in [6, 6.07) is 5.49. The molecule has 2 aliphatic heterocycles. The number of fused-ring (bicyclic) bond motifs is 2. The van der Waals surface area contributed by atoms with E-state index in [2.05, 4.69) is 5.32 Å². The number of amidine groups is 1. The maximum atomic E-state index is 7.83. The predicted molar refractivity (Wildman–Crippen MR) is 56.3 cm³/mol. The van der Waals surface area contributed by atoms with E-state index in [0.29, 0.717) is 5.84 Å². The van der Waals surface area contributed by atoms with Crippen LogP contribution in [-0.2, 0) is 15.4 Å². The summed E-state index contributed by atoms with van der Waals surface area (Å²) in [7, 11) is 1.60. The van der Waals surface area contributed by atoms with Gasteiger partial charge in [-0.05, 0) is 25.1 Å². The Bertz CT molecular complexity index is 466. The fourth-order valence-electron chi connectivity index (χ4n) is 2.11. The van der Waals surface area contributed by atoms with Crippen molar-refractivity contribution in [2.45, 2.75) is 19.1 Å². The van der Waals surface area contributed by atoms with Gasteiger partial charge in [0.25, 0.3) is 5.91 Å². The van der Waals surface area contributed by atoms with Crippen LogP contribution in [0.15, 0.2) is 18.2 Å². The second-order valence-corrected chi connectivity index (χ2v) is 3.83. The van der Waals surface area contributed by atoms with Crippen molar-refractivity contribution in [2.75, 3.05) is 7.11 Å². The van der Waals surface area contributed by atoms with Crippen molar-refractivity contribution in [1.82, 2.24) is 5.32 Å². The minimum Gasteiger partial charge on any atom is -0.497 e. The molecule has 84 valence electrons. The summed E-state index contributed by atoms with van der Waals surface area (Å²) in [5, 5.41) is 10.7. The van der Waals surface area contributed by atoms with Crippen LogP contribution >= 0.6 is 0 Å². The topological polar surface area (TPSA) is 63.6 Å². The van der Waals surface area contributed by atoms with Crippen LogP contribution < -0.4 is 10.1 Å². The number of ether oxygens (including phenoxy) is 3. The number of nitrogens with one attached hydrogen (secondary N) is 2. The highest BCUT2D eigenvalue weighted by molar-refractivity contribution is 6.01. The first-order valence-corrected chi connectivity index (χ1v) is 5.06. The fourth-order valence-corrected chi connectivity index (χ4v) is 2.11. The Morgan fingerprint density at radius 1 is 1.44 bits per heavy atom. The molecular formula is C11H12N2O3. The molecular weight excluding hydrogens is 208 g/mol. The Kier molecular flexibility index (Phi) is 1.78. The molecule has 1 spiro atoms. The monoisotopic (exact) mass is 220 g/mol. The van der Waals surface area contributed by atoms with Gasteiger partial charge in [0.15, 0.2) is 6.29 Å². The Morgan fingerprint density at radius 2 is 2.19 bits per heavy atom. The molecule has 0 radical (unpaired) electrons. The van der Waals surface area contributed by atoms with Gasteiger partial charge in [-0.2, -0.15) is 0 Å². The number of benzene rings is 1. The minimum atomic E-state index is -0.946. The molecule has 0 aromatic heterocycles. The molecule has 1 saturated heterocycles. The zero-order valence-corrected chi connectivity index (χ0v) is 9.03. The molecule has 0 aliphatic carbocycles. The van der Waals surface area contributed by atoms with Crippen molar-refractivity contribution in [1.29, 1.82) is 5.41 Å². The SMILES string of the molecule is COc1ccc2c(c1)C(=N)NC21OC(C)O1. The summed E-state index contributed by atoms with van der Waals surface area (Å²) >= 11 is 0.